The van der Waals surface area contributed by atoms with Gasteiger partial charge in [0.15, 0.2) is 0 Å². The van der Waals surface area contributed by atoms with E-state index in [0.29, 0.717) is 0 Å². The van der Waals surface area contributed by atoms with E-state index in [1.807, 2.05) is 7.05 Å². The number of benzene rings is 2. The fraction of sp³-hybridized carbons (Fsp3) is 0.333. The van der Waals surface area contributed by atoms with Gasteiger partial charge in [-0.2, -0.15) is 0 Å². The van der Waals surface area contributed by atoms with Gasteiger partial charge in [0.05, 0.1) is 0 Å². The summed E-state index contributed by atoms with van der Waals surface area (Å²) >= 11 is 0. The maximum Gasteiger partial charge on any atom is 0.123 e. The van der Waals surface area contributed by atoms with Crippen molar-refractivity contribution in [2.45, 2.75) is 32.4 Å². The van der Waals surface area contributed by atoms with Crippen molar-refractivity contribution < 1.29 is 4.39 Å². The van der Waals surface area contributed by atoms with Gasteiger partial charge in [-0.05, 0) is 67.3 Å². The Morgan fingerprint density at radius 1 is 1.10 bits per heavy atom. The summed E-state index contributed by atoms with van der Waals surface area (Å²) in [6, 6.07) is 13.8. The third-order valence-electron chi connectivity index (χ3n) is 4.09. The molecule has 0 heterocycles. The van der Waals surface area contributed by atoms with Gasteiger partial charge < -0.3 is 10.2 Å². The molecule has 0 saturated heterocycles. The number of nitrogens with zero attached hydrogens (tertiary/aromatic N) is 1. The van der Waals surface area contributed by atoms with Crippen molar-refractivity contribution in [2.75, 3.05) is 11.9 Å². The Morgan fingerprint density at radius 3 is 2.38 bits per heavy atom. The van der Waals surface area contributed by atoms with Gasteiger partial charge in [0.1, 0.15) is 5.82 Å². The van der Waals surface area contributed by atoms with E-state index < -0.39 is 0 Å². The standard InChI is InChI=1S/C18H21FN2/c1-13-11-18(8-3-14(13)12-20-16-6-7-16)21(2)17-9-4-15(19)5-10-17/h3-5,8-11,16,20H,6-7,12H2,1-2H3. The van der Waals surface area contributed by atoms with E-state index >= 15 is 0 Å². The molecule has 0 bridgehead atoms. The summed E-state index contributed by atoms with van der Waals surface area (Å²) in [5.74, 6) is -0.204. The van der Waals surface area contributed by atoms with Gasteiger partial charge in [-0.3, -0.25) is 0 Å². The van der Waals surface area contributed by atoms with Crippen LogP contribution in [0.3, 0.4) is 0 Å². The highest BCUT2D eigenvalue weighted by Gasteiger charge is 2.20. The second kappa shape index (κ2) is 5.86. The van der Waals surface area contributed by atoms with Crippen LogP contribution in [0.1, 0.15) is 24.0 Å². The topological polar surface area (TPSA) is 15.3 Å². The Hall–Kier alpha value is -1.87. The minimum absolute atomic E-state index is 0.204. The minimum atomic E-state index is -0.204. The van der Waals surface area contributed by atoms with Crippen molar-refractivity contribution in [3.8, 4) is 0 Å². The van der Waals surface area contributed by atoms with Crippen molar-refractivity contribution in [2.24, 2.45) is 0 Å². The molecule has 1 saturated carbocycles. The first kappa shape index (κ1) is 14.1. The first-order chi connectivity index (χ1) is 10.1. The molecule has 0 amide bonds. The zero-order valence-electron chi connectivity index (χ0n) is 12.6. The predicted molar refractivity (Wildman–Crippen MR) is 85.5 cm³/mol. The van der Waals surface area contributed by atoms with E-state index in [9.17, 15) is 4.39 Å². The van der Waals surface area contributed by atoms with Crippen molar-refractivity contribution in [3.05, 3.63) is 59.4 Å². The third kappa shape index (κ3) is 3.42. The lowest BCUT2D eigenvalue weighted by atomic mass is 10.1. The third-order valence-corrected chi connectivity index (χ3v) is 4.09. The monoisotopic (exact) mass is 284 g/mol. The molecule has 2 aromatic carbocycles. The minimum Gasteiger partial charge on any atom is -0.345 e. The van der Waals surface area contributed by atoms with Crippen molar-refractivity contribution in [3.63, 3.8) is 0 Å². The molecule has 0 radical (unpaired) electrons. The number of halogens is 1. The largest absolute Gasteiger partial charge is 0.345 e. The molecule has 1 fully saturated rings. The van der Waals surface area contributed by atoms with E-state index in [0.717, 1.165) is 24.0 Å². The van der Waals surface area contributed by atoms with Gasteiger partial charge in [-0.1, -0.05) is 6.07 Å². The van der Waals surface area contributed by atoms with Gasteiger partial charge in [0.25, 0.3) is 0 Å². The van der Waals surface area contributed by atoms with E-state index in [1.54, 1.807) is 12.1 Å². The molecule has 3 heteroatoms. The predicted octanol–water partition coefficient (Wildman–Crippen LogP) is 4.15. The Bertz CT molecular complexity index is 618. The number of anilines is 2. The second-order valence-electron chi connectivity index (χ2n) is 5.80. The number of nitrogens with one attached hydrogen (secondary N) is 1. The highest BCUT2D eigenvalue weighted by Crippen LogP contribution is 2.26. The van der Waals surface area contributed by atoms with Crippen molar-refractivity contribution in [1.82, 2.24) is 5.32 Å². The van der Waals surface area contributed by atoms with Gasteiger partial charge >= 0.3 is 0 Å². The van der Waals surface area contributed by atoms with Crippen LogP contribution in [0.5, 0.6) is 0 Å². The lowest BCUT2D eigenvalue weighted by molar-refractivity contribution is 0.628. The van der Waals surface area contributed by atoms with Crippen LogP contribution in [-0.2, 0) is 6.54 Å². The molecule has 0 aliphatic heterocycles. The van der Waals surface area contributed by atoms with Crippen LogP contribution in [0, 0.1) is 12.7 Å². The van der Waals surface area contributed by atoms with Gasteiger partial charge in [0.2, 0.25) is 0 Å². The van der Waals surface area contributed by atoms with Gasteiger partial charge in [0, 0.05) is 31.0 Å². The molecule has 0 unspecified atom stereocenters. The fourth-order valence-electron chi connectivity index (χ4n) is 2.44. The van der Waals surface area contributed by atoms with E-state index in [2.05, 4.69) is 35.3 Å². The summed E-state index contributed by atoms with van der Waals surface area (Å²) in [6.07, 6.45) is 2.62. The molecule has 0 atom stereocenters. The van der Waals surface area contributed by atoms with E-state index in [4.69, 9.17) is 0 Å². The maximum atomic E-state index is 13.0. The molecule has 3 rings (SSSR count). The highest BCUT2D eigenvalue weighted by molar-refractivity contribution is 5.63. The van der Waals surface area contributed by atoms with Crippen LogP contribution >= 0.6 is 0 Å². The Balaban J connectivity index is 1.75. The second-order valence-corrected chi connectivity index (χ2v) is 5.80. The molecular formula is C18H21FN2. The van der Waals surface area contributed by atoms with Crippen LogP contribution in [0.4, 0.5) is 15.8 Å². The summed E-state index contributed by atoms with van der Waals surface area (Å²) in [6.45, 7) is 3.09. The Morgan fingerprint density at radius 2 is 1.76 bits per heavy atom. The van der Waals surface area contributed by atoms with Crippen LogP contribution in [-0.4, -0.2) is 13.1 Å². The molecule has 1 N–H and O–H groups in total. The van der Waals surface area contributed by atoms with Gasteiger partial charge in [-0.25, -0.2) is 4.39 Å². The molecule has 2 nitrogen and oxygen atoms in total. The maximum absolute atomic E-state index is 13.0. The van der Waals surface area contributed by atoms with Crippen molar-refractivity contribution in [1.29, 1.82) is 0 Å². The molecule has 21 heavy (non-hydrogen) atoms. The molecular weight excluding hydrogens is 263 g/mol. The summed E-state index contributed by atoms with van der Waals surface area (Å²) in [5, 5.41) is 3.55. The SMILES string of the molecule is Cc1cc(N(C)c2ccc(F)cc2)ccc1CNC1CC1. The Kier molecular flexibility index (Phi) is 3.93. The van der Waals surface area contributed by atoms with Gasteiger partial charge in [-0.15, -0.1) is 0 Å². The molecule has 2 aromatic rings. The number of hydrogen-bond donors (Lipinski definition) is 1. The first-order valence-corrected chi connectivity index (χ1v) is 7.46. The summed E-state index contributed by atoms with van der Waals surface area (Å²) in [7, 11) is 2.00. The quantitative estimate of drug-likeness (QED) is 0.887. The van der Waals surface area contributed by atoms with E-state index in [-0.39, 0.29) is 5.82 Å². The van der Waals surface area contributed by atoms with Crippen molar-refractivity contribution >= 4 is 11.4 Å². The Labute approximate surface area is 125 Å². The van der Waals surface area contributed by atoms with Crippen LogP contribution in [0.25, 0.3) is 0 Å². The average molecular weight is 284 g/mol. The number of rotatable bonds is 5. The summed E-state index contributed by atoms with van der Waals surface area (Å²) < 4.78 is 13.0. The fourth-order valence-corrected chi connectivity index (χ4v) is 2.44. The number of hydrogen-bond acceptors (Lipinski definition) is 2. The van der Waals surface area contributed by atoms with E-state index in [1.165, 1.54) is 36.1 Å². The average Bonchev–Trinajstić information content (AvgIpc) is 3.30. The summed E-state index contributed by atoms with van der Waals surface area (Å²) in [5.41, 5.74) is 4.74. The highest BCUT2D eigenvalue weighted by atomic mass is 19.1. The lowest BCUT2D eigenvalue weighted by Gasteiger charge is -2.21. The van der Waals surface area contributed by atoms with Crippen LogP contribution in [0.2, 0.25) is 0 Å². The first-order valence-electron chi connectivity index (χ1n) is 7.46. The lowest BCUT2D eigenvalue weighted by Crippen LogP contribution is -2.16. The molecule has 0 spiro atoms. The molecule has 0 aromatic heterocycles. The molecule has 110 valence electrons. The van der Waals surface area contributed by atoms with Crippen LogP contribution in [0.15, 0.2) is 42.5 Å². The molecule has 1 aliphatic carbocycles. The molecule has 1 aliphatic rings. The smallest absolute Gasteiger partial charge is 0.123 e. The zero-order chi connectivity index (χ0) is 14.8. The number of aryl methyl sites for hydroxylation is 1. The van der Waals surface area contributed by atoms with Crippen LogP contribution < -0.4 is 10.2 Å². The summed E-state index contributed by atoms with van der Waals surface area (Å²) in [4.78, 5) is 2.07. The zero-order valence-corrected chi connectivity index (χ0v) is 12.6. The normalized spacial score (nSPS) is 14.2.